The van der Waals surface area contributed by atoms with E-state index in [4.69, 9.17) is 5.73 Å². The van der Waals surface area contributed by atoms with E-state index in [1.807, 2.05) is 39.8 Å². The van der Waals surface area contributed by atoms with Crippen LogP contribution in [-0.4, -0.2) is 17.4 Å². The molecule has 2 heterocycles. The van der Waals surface area contributed by atoms with Gasteiger partial charge in [-0.15, -0.1) is 11.3 Å². The number of nitrogens with two attached hydrogens (primary N) is 1. The molecule has 0 spiro atoms. The second-order valence-corrected chi connectivity index (χ2v) is 6.10. The van der Waals surface area contributed by atoms with Crippen LogP contribution in [0.25, 0.3) is 10.2 Å². The Morgan fingerprint density at radius 3 is 2.80 bits per heavy atom. The largest absolute Gasteiger partial charge is 0.397 e. The second-order valence-electron chi connectivity index (χ2n) is 5.10. The maximum absolute atomic E-state index is 12.2. The first-order valence-corrected chi connectivity index (χ1v) is 7.29. The molecule has 0 unspecified atom stereocenters. The Kier molecular flexibility index (Phi) is 4.09. The topological polar surface area (TPSA) is 68.0 Å². The van der Waals surface area contributed by atoms with Gasteiger partial charge in [-0.2, -0.15) is 0 Å². The summed E-state index contributed by atoms with van der Waals surface area (Å²) in [5.74, 6) is -0.139. The third kappa shape index (κ3) is 2.82. The van der Waals surface area contributed by atoms with E-state index in [1.165, 1.54) is 16.9 Å². The van der Waals surface area contributed by atoms with Crippen molar-refractivity contribution in [2.45, 2.75) is 27.7 Å². The Bertz CT molecular complexity index is 697. The lowest BCUT2D eigenvalue weighted by Crippen LogP contribution is -2.23. The number of rotatable bonds is 3. The SMILES string of the molecule is CC(C)=CCNC(=O)c1sc2nc(C)cc(C)c2c1N. The highest BCUT2D eigenvalue weighted by Gasteiger charge is 2.18. The zero-order valence-electron chi connectivity index (χ0n) is 12.2. The van der Waals surface area contributed by atoms with Gasteiger partial charge < -0.3 is 11.1 Å². The predicted molar refractivity (Wildman–Crippen MR) is 85.3 cm³/mol. The van der Waals surface area contributed by atoms with Crippen molar-refractivity contribution < 1.29 is 4.79 Å². The molecule has 0 aromatic carbocycles. The van der Waals surface area contributed by atoms with Gasteiger partial charge in [0.25, 0.3) is 5.91 Å². The Labute approximate surface area is 122 Å². The van der Waals surface area contributed by atoms with Gasteiger partial charge in [0.2, 0.25) is 0 Å². The minimum absolute atomic E-state index is 0.139. The molecule has 2 aromatic rings. The maximum atomic E-state index is 12.2. The minimum atomic E-state index is -0.139. The summed E-state index contributed by atoms with van der Waals surface area (Å²) in [6.07, 6.45) is 1.97. The van der Waals surface area contributed by atoms with Gasteiger partial charge in [0.1, 0.15) is 9.71 Å². The molecule has 2 rings (SSSR count). The molecule has 4 nitrogen and oxygen atoms in total. The maximum Gasteiger partial charge on any atom is 0.263 e. The molecule has 2 aromatic heterocycles. The van der Waals surface area contributed by atoms with E-state index in [0.717, 1.165) is 21.5 Å². The molecule has 1 amide bonds. The van der Waals surface area contributed by atoms with Gasteiger partial charge in [0.15, 0.2) is 0 Å². The number of nitrogens with one attached hydrogen (secondary N) is 1. The van der Waals surface area contributed by atoms with Crippen LogP contribution in [-0.2, 0) is 0 Å². The summed E-state index contributed by atoms with van der Waals surface area (Å²) in [6.45, 7) is 8.44. The zero-order chi connectivity index (χ0) is 14.9. The second kappa shape index (κ2) is 5.63. The number of nitrogen functional groups attached to an aromatic ring is 1. The lowest BCUT2D eigenvalue weighted by molar-refractivity contribution is 0.0963. The monoisotopic (exact) mass is 289 g/mol. The van der Waals surface area contributed by atoms with Gasteiger partial charge in [-0.05, 0) is 39.3 Å². The summed E-state index contributed by atoms with van der Waals surface area (Å²) in [5, 5.41) is 3.75. The molecule has 3 N–H and O–H groups in total. The van der Waals surface area contributed by atoms with Crippen LogP contribution in [0, 0.1) is 13.8 Å². The number of aromatic nitrogens is 1. The molecule has 0 radical (unpaired) electrons. The molecular formula is C15H19N3OS. The van der Waals surface area contributed by atoms with Crippen molar-refractivity contribution >= 4 is 33.1 Å². The van der Waals surface area contributed by atoms with Crippen molar-refractivity contribution in [1.82, 2.24) is 10.3 Å². The third-order valence-electron chi connectivity index (χ3n) is 3.00. The van der Waals surface area contributed by atoms with E-state index in [1.54, 1.807) is 0 Å². The number of hydrogen-bond donors (Lipinski definition) is 2. The number of thiophene rings is 1. The average molecular weight is 289 g/mol. The first-order chi connectivity index (χ1) is 9.40. The number of carbonyl (C=O) groups is 1. The molecule has 0 saturated heterocycles. The summed E-state index contributed by atoms with van der Waals surface area (Å²) in [6, 6.07) is 1.98. The molecular weight excluding hydrogens is 270 g/mol. The lowest BCUT2D eigenvalue weighted by atomic mass is 10.1. The fourth-order valence-corrected chi connectivity index (χ4v) is 3.20. The third-order valence-corrected chi connectivity index (χ3v) is 4.10. The van der Waals surface area contributed by atoms with Gasteiger partial charge in [0.05, 0.1) is 5.69 Å². The molecule has 5 heteroatoms. The predicted octanol–water partition coefficient (Wildman–Crippen LogP) is 3.19. The molecule has 20 heavy (non-hydrogen) atoms. The highest BCUT2D eigenvalue weighted by Crippen LogP contribution is 2.34. The molecule has 0 fully saturated rings. The first kappa shape index (κ1) is 14.5. The number of hydrogen-bond acceptors (Lipinski definition) is 4. The Morgan fingerprint density at radius 1 is 1.45 bits per heavy atom. The number of carbonyl (C=O) groups excluding carboxylic acids is 1. The summed E-state index contributed by atoms with van der Waals surface area (Å²) in [7, 11) is 0. The number of pyridine rings is 1. The fourth-order valence-electron chi connectivity index (χ4n) is 2.07. The van der Waals surface area contributed by atoms with Crippen LogP contribution in [0.2, 0.25) is 0 Å². The van der Waals surface area contributed by atoms with Crippen molar-refractivity contribution in [3.05, 3.63) is 33.9 Å². The number of allylic oxidation sites excluding steroid dienone is 1. The molecule has 106 valence electrons. The fraction of sp³-hybridized carbons (Fsp3) is 0.333. The van der Waals surface area contributed by atoms with E-state index in [9.17, 15) is 4.79 Å². The van der Waals surface area contributed by atoms with Crippen LogP contribution in [0.4, 0.5) is 5.69 Å². The molecule has 0 atom stereocenters. The molecule has 0 aliphatic rings. The average Bonchev–Trinajstić information content (AvgIpc) is 2.65. The highest BCUT2D eigenvalue weighted by molar-refractivity contribution is 7.21. The van der Waals surface area contributed by atoms with Crippen molar-refractivity contribution in [2.75, 3.05) is 12.3 Å². The van der Waals surface area contributed by atoms with Gasteiger partial charge in [-0.3, -0.25) is 4.79 Å². The lowest BCUT2D eigenvalue weighted by Gasteiger charge is -2.02. The quantitative estimate of drug-likeness (QED) is 0.853. The molecule has 0 aliphatic heterocycles. The van der Waals surface area contributed by atoms with Crippen LogP contribution in [0.15, 0.2) is 17.7 Å². The Morgan fingerprint density at radius 2 is 2.15 bits per heavy atom. The van der Waals surface area contributed by atoms with Gasteiger partial charge in [-0.25, -0.2) is 4.98 Å². The number of amides is 1. The van der Waals surface area contributed by atoms with Crippen LogP contribution in [0.3, 0.4) is 0 Å². The van der Waals surface area contributed by atoms with E-state index in [-0.39, 0.29) is 5.91 Å². The number of aryl methyl sites for hydroxylation is 2. The minimum Gasteiger partial charge on any atom is -0.397 e. The highest BCUT2D eigenvalue weighted by atomic mass is 32.1. The normalized spacial score (nSPS) is 10.6. The van der Waals surface area contributed by atoms with Crippen LogP contribution < -0.4 is 11.1 Å². The van der Waals surface area contributed by atoms with Crippen LogP contribution in [0.5, 0.6) is 0 Å². The van der Waals surface area contributed by atoms with E-state index >= 15 is 0 Å². The Balaban J connectivity index is 2.36. The summed E-state index contributed by atoms with van der Waals surface area (Å²) >= 11 is 1.35. The molecule has 0 saturated carbocycles. The number of fused-ring (bicyclic) bond motifs is 1. The van der Waals surface area contributed by atoms with Crippen molar-refractivity contribution in [3.63, 3.8) is 0 Å². The Hall–Kier alpha value is -1.88. The summed E-state index contributed by atoms with van der Waals surface area (Å²) in [5.41, 5.74) is 9.82. The number of anilines is 1. The van der Waals surface area contributed by atoms with Crippen LogP contribution >= 0.6 is 11.3 Å². The molecule has 0 bridgehead atoms. The van der Waals surface area contributed by atoms with Gasteiger partial charge >= 0.3 is 0 Å². The smallest absolute Gasteiger partial charge is 0.263 e. The van der Waals surface area contributed by atoms with Gasteiger partial charge in [0, 0.05) is 17.6 Å². The number of nitrogens with zero attached hydrogens (tertiary/aromatic N) is 1. The van der Waals surface area contributed by atoms with Crippen LogP contribution in [0.1, 0.15) is 34.8 Å². The summed E-state index contributed by atoms with van der Waals surface area (Å²) < 4.78 is 0. The standard InChI is InChI=1S/C15H19N3OS/c1-8(2)5-6-17-14(19)13-12(16)11-9(3)7-10(4)18-15(11)20-13/h5,7H,6,16H2,1-4H3,(H,17,19). The van der Waals surface area contributed by atoms with E-state index < -0.39 is 0 Å². The first-order valence-electron chi connectivity index (χ1n) is 6.48. The molecule has 0 aliphatic carbocycles. The van der Waals surface area contributed by atoms with Gasteiger partial charge in [-0.1, -0.05) is 11.6 Å². The van der Waals surface area contributed by atoms with E-state index in [2.05, 4.69) is 10.3 Å². The van der Waals surface area contributed by atoms with Crippen molar-refractivity contribution in [2.24, 2.45) is 0 Å². The van der Waals surface area contributed by atoms with Crippen molar-refractivity contribution in [3.8, 4) is 0 Å². The zero-order valence-corrected chi connectivity index (χ0v) is 13.0. The van der Waals surface area contributed by atoms with Crippen molar-refractivity contribution in [1.29, 1.82) is 0 Å². The van der Waals surface area contributed by atoms with E-state index in [0.29, 0.717) is 17.1 Å². The summed E-state index contributed by atoms with van der Waals surface area (Å²) in [4.78, 5) is 18.0.